The van der Waals surface area contributed by atoms with Crippen LogP contribution >= 0.6 is 11.8 Å². The number of hydrogen-bond acceptors (Lipinski definition) is 6. The van der Waals surface area contributed by atoms with Gasteiger partial charge in [0.25, 0.3) is 5.22 Å². The second-order valence-corrected chi connectivity index (χ2v) is 7.01. The van der Waals surface area contributed by atoms with Crippen molar-refractivity contribution in [2.45, 2.75) is 32.9 Å². The average Bonchev–Trinajstić information content (AvgIpc) is 3.17. The summed E-state index contributed by atoms with van der Waals surface area (Å²) in [5.74, 6) is 0.415. The molecule has 2 aromatic heterocycles. The van der Waals surface area contributed by atoms with Crippen molar-refractivity contribution in [3.8, 4) is 11.5 Å². The molecule has 0 aliphatic heterocycles. The number of Topliss-reactive ketones (excluding diaryl/α,β-unsaturated/α-hetero) is 2. The summed E-state index contributed by atoms with van der Waals surface area (Å²) in [6, 6.07) is 7.74. The van der Waals surface area contributed by atoms with Gasteiger partial charge in [0.2, 0.25) is 5.89 Å². The number of aromatic amines is 1. The molecule has 134 valence electrons. The number of carbonyl (C=O) groups excluding carboxylic acids is 2. The molecule has 0 bridgehead atoms. The lowest BCUT2D eigenvalue weighted by atomic mass is 10.1. The maximum Gasteiger partial charge on any atom is 0.277 e. The summed E-state index contributed by atoms with van der Waals surface area (Å²) in [4.78, 5) is 27.2. The number of carbonyl (C=O) groups is 2. The lowest BCUT2D eigenvalue weighted by Gasteiger charge is -2.00. The summed E-state index contributed by atoms with van der Waals surface area (Å²) < 4.78 is 5.66. The summed E-state index contributed by atoms with van der Waals surface area (Å²) in [7, 11) is 0. The minimum atomic E-state index is -0.112. The van der Waals surface area contributed by atoms with E-state index in [1.54, 1.807) is 13.8 Å². The Labute approximate surface area is 155 Å². The van der Waals surface area contributed by atoms with Crippen LogP contribution < -0.4 is 0 Å². The Morgan fingerprint density at radius 3 is 2.54 bits per heavy atom. The fraction of sp³-hybridized carbons (Fsp3) is 0.263. The third-order valence-electron chi connectivity index (χ3n) is 4.18. The van der Waals surface area contributed by atoms with Crippen molar-refractivity contribution < 1.29 is 14.0 Å². The minimum absolute atomic E-state index is 0.0530. The molecule has 0 saturated heterocycles. The smallest absolute Gasteiger partial charge is 0.277 e. The van der Waals surface area contributed by atoms with E-state index in [0.717, 1.165) is 11.1 Å². The van der Waals surface area contributed by atoms with Crippen molar-refractivity contribution in [1.82, 2.24) is 15.2 Å². The number of aryl methyl sites for hydroxylation is 2. The first kappa shape index (κ1) is 18.1. The van der Waals surface area contributed by atoms with Crippen molar-refractivity contribution in [3.05, 3.63) is 52.3 Å². The van der Waals surface area contributed by atoms with Gasteiger partial charge in [-0.25, -0.2) is 0 Å². The molecule has 0 aliphatic carbocycles. The lowest BCUT2D eigenvalue weighted by Crippen LogP contribution is -2.05. The van der Waals surface area contributed by atoms with E-state index >= 15 is 0 Å². The monoisotopic (exact) mass is 369 g/mol. The molecule has 3 rings (SSSR count). The molecule has 3 aromatic rings. The lowest BCUT2D eigenvalue weighted by molar-refractivity contribution is 0.101. The third-order valence-corrected chi connectivity index (χ3v) is 5.00. The molecular weight excluding hydrogens is 350 g/mol. The predicted molar refractivity (Wildman–Crippen MR) is 99.8 cm³/mol. The van der Waals surface area contributed by atoms with E-state index in [2.05, 4.69) is 15.2 Å². The van der Waals surface area contributed by atoms with Gasteiger partial charge in [0, 0.05) is 16.8 Å². The van der Waals surface area contributed by atoms with Crippen molar-refractivity contribution >= 4 is 23.3 Å². The number of thioether (sulfide) groups is 1. The number of aromatic nitrogens is 3. The number of rotatable bonds is 6. The zero-order valence-corrected chi connectivity index (χ0v) is 15.9. The second-order valence-electron chi connectivity index (χ2n) is 6.08. The Morgan fingerprint density at radius 1 is 1.15 bits per heavy atom. The predicted octanol–water partition coefficient (Wildman–Crippen LogP) is 4.17. The molecule has 0 atom stereocenters. The number of hydrogen-bond donors (Lipinski definition) is 1. The van der Waals surface area contributed by atoms with Crippen LogP contribution in [0.1, 0.15) is 44.6 Å². The van der Waals surface area contributed by atoms with Gasteiger partial charge in [0.1, 0.15) is 0 Å². The van der Waals surface area contributed by atoms with Gasteiger partial charge < -0.3 is 9.40 Å². The molecule has 0 radical (unpaired) electrons. The Hall–Kier alpha value is -2.67. The van der Waals surface area contributed by atoms with Gasteiger partial charge >= 0.3 is 0 Å². The van der Waals surface area contributed by atoms with Crippen LogP contribution in [0.15, 0.2) is 33.9 Å². The molecule has 6 nitrogen and oxygen atoms in total. The number of nitrogens with zero attached hydrogens (tertiary/aromatic N) is 2. The minimum Gasteiger partial charge on any atom is -0.411 e. The molecule has 2 heterocycles. The molecule has 1 aromatic carbocycles. The molecule has 0 aliphatic rings. The van der Waals surface area contributed by atoms with Crippen LogP contribution in [-0.4, -0.2) is 32.5 Å². The van der Waals surface area contributed by atoms with E-state index in [-0.39, 0.29) is 17.3 Å². The largest absolute Gasteiger partial charge is 0.411 e. The maximum atomic E-state index is 12.5. The van der Waals surface area contributed by atoms with Crippen LogP contribution in [0.3, 0.4) is 0 Å². The quantitative estimate of drug-likeness (QED) is 0.518. The molecule has 0 spiro atoms. The van der Waals surface area contributed by atoms with E-state index in [1.807, 2.05) is 31.2 Å². The highest BCUT2D eigenvalue weighted by Crippen LogP contribution is 2.26. The van der Waals surface area contributed by atoms with Crippen LogP contribution in [-0.2, 0) is 0 Å². The molecule has 7 heteroatoms. The van der Waals surface area contributed by atoms with Crippen LogP contribution in [0.2, 0.25) is 0 Å². The highest BCUT2D eigenvalue weighted by molar-refractivity contribution is 7.99. The molecule has 26 heavy (non-hydrogen) atoms. The normalized spacial score (nSPS) is 10.9. The van der Waals surface area contributed by atoms with Crippen LogP contribution in [0.25, 0.3) is 11.5 Å². The SMILES string of the molecule is CC(=O)c1c(C)[nH]c(C(=O)CSc2nnc(-c3ccccc3C)o2)c1C. The van der Waals surface area contributed by atoms with Gasteiger partial charge in [0.05, 0.1) is 11.4 Å². The van der Waals surface area contributed by atoms with E-state index in [9.17, 15) is 9.59 Å². The van der Waals surface area contributed by atoms with Gasteiger partial charge in [-0.15, -0.1) is 10.2 Å². The van der Waals surface area contributed by atoms with Crippen LogP contribution in [0.5, 0.6) is 0 Å². The van der Waals surface area contributed by atoms with Crippen molar-refractivity contribution in [1.29, 1.82) is 0 Å². The number of nitrogens with one attached hydrogen (secondary N) is 1. The molecular formula is C19H19N3O3S. The number of benzene rings is 1. The summed E-state index contributed by atoms with van der Waals surface area (Å²) in [6.07, 6.45) is 0. The first-order chi connectivity index (χ1) is 12.4. The summed E-state index contributed by atoms with van der Waals surface area (Å²) >= 11 is 1.18. The maximum absolute atomic E-state index is 12.5. The van der Waals surface area contributed by atoms with Gasteiger partial charge in [-0.05, 0) is 44.9 Å². The zero-order valence-electron chi connectivity index (χ0n) is 15.0. The highest BCUT2D eigenvalue weighted by atomic mass is 32.2. The van der Waals surface area contributed by atoms with E-state index in [0.29, 0.717) is 33.6 Å². The van der Waals surface area contributed by atoms with E-state index in [1.165, 1.54) is 18.7 Å². The molecule has 1 N–H and O–H groups in total. The van der Waals surface area contributed by atoms with Crippen LogP contribution in [0, 0.1) is 20.8 Å². The van der Waals surface area contributed by atoms with Gasteiger partial charge in [-0.1, -0.05) is 30.0 Å². The van der Waals surface area contributed by atoms with Gasteiger partial charge in [-0.3, -0.25) is 9.59 Å². The summed E-state index contributed by atoms with van der Waals surface area (Å²) in [5, 5.41) is 8.40. The Kier molecular flexibility index (Phi) is 5.08. The first-order valence-corrected chi connectivity index (χ1v) is 9.12. The number of H-pyrrole nitrogens is 1. The standard InChI is InChI=1S/C19H19N3O3S/c1-10-7-5-6-8-14(10)18-21-22-19(25-18)26-9-15(24)17-11(2)16(13(4)23)12(3)20-17/h5-8,20H,9H2,1-4H3. The van der Waals surface area contributed by atoms with Crippen molar-refractivity contribution in [2.24, 2.45) is 0 Å². The Balaban J connectivity index is 1.72. The number of ketones is 2. The average molecular weight is 369 g/mol. The summed E-state index contributed by atoms with van der Waals surface area (Å²) in [5.41, 5.74) is 4.35. The van der Waals surface area contributed by atoms with Gasteiger partial charge in [0.15, 0.2) is 11.6 Å². The van der Waals surface area contributed by atoms with Gasteiger partial charge in [-0.2, -0.15) is 0 Å². The topological polar surface area (TPSA) is 88.9 Å². The van der Waals surface area contributed by atoms with E-state index < -0.39 is 0 Å². The molecule has 0 saturated carbocycles. The zero-order chi connectivity index (χ0) is 18.8. The molecule has 0 amide bonds. The van der Waals surface area contributed by atoms with Crippen molar-refractivity contribution in [3.63, 3.8) is 0 Å². The fourth-order valence-corrected chi connectivity index (χ4v) is 3.58. The first-order valence-electron chi connectivity index (χ1n) is 8.14. The molecule has 0 fully saturated rings. The Morgan fingerprint density at radius 2 is 1.88 bits per heavy atom. The summed E-state index contributed by atoms with van der Waals surface area (Å²) in [6.45, 7) is 7.04. The molecule has 0 unspecified atom stereocenters. The fourth-order valence-electron chi connectivity index (χ4n) is 2.95. The van der Waals surface area contributed by atoms with Crippen LogP contribution in [0.4, 0.5) is 0 Å². The van der Waals surface area contributed by atoms with Crippen molar-refractivity contribution in [2.75, 3.05) is 5.75 Å². The second kappa shape index (κ2) is 7.29. The third kappa shape index (κ3) is 3.48. The highest BCUT2D eigenvalue weighted by Gasteiger charge is 2.20. The van der Waals surface area contributed by atoms with E-state index in [4.69, 9.17) is 4.42 Å². The Bertz CT molecular complexity index is 988.